The zero-order valence-corrected chi connectivity index (χ0v) is 16.8. The van der Waals surface area contributed by atoms with Crippen LogP contribution in [-0.4, -0.2) is 48.2 Å². The van der Waals surface area contributed by atoms with Gasteiger partial charge in [0.1, 0.15) is 18.1 Å². The minimum atomic E-state index is 0.371. The van der Waals surface area contributed by atoms with Crippen LogP contribution in [0.1, 0.15) is 24.5 Å². The van der Waals surface area contributed by atoms with Crippen LogP contribution in [0, 0.1) is 0 Å². The third kappa shape index (κ3) is 4.93. The summed E-state index contributed by atoms with van der Waals surface area (Å²) in [4.78, 5) is 11.9. The van der Waals surface area contributed by atoms with Gasteiger partial charge in [0.2, 0.25) is 0 Å². The fourth-order valence-electron chi connectivity index (χ4n) is 3.93. The number of piperidine rings is 1. The number of aromatic nitrogens is 2. The van der Waals surface area contributed by atoms with Gasteiger partial charge < -0.3 is 9.47 Å². The molecule has 3 aromatic rings. The second kappa shape index (κ2) is 9.52. The Hall–Kier alpha value is -2.92. The maximum Gasteiger partial charge on any atom is 0.119 e. The summed E-state index contributed by atoms with van der Waals surface area (Å²) in [5.74, 6) is 2.13. The van der Waals surface area contributed by atoms with Crippen LogP contribution in [0.15, 0.2) is 67.0 Å². The average molecular weight is 389 g/mol. The van der Waals surface area contributed by atoms with Gasteiger partial charge in [-0.05, 0) is 43.7 Å². The van der Waals surface area contributed by atoms with Crippen LogP contribution in [0.3, 0.4) is 0 Å². The lowest BCUT2D eigenvalue weighted by Crippen LogP contribution is -2.37. The smallest absolute Gasteiger partial charge is 0.119 e. The topological polar surface area (TPSA) is 47.5 Å². The van der Waals surface area contributed by atoms with Gasteiger partial charge in [-0.1, -0.05) is 30.3 Å². The van der Waals surface area contributed by atoms with E-state index in [9.17, 15) is 0 Å². The average Bonchev–Trinajstić information content (AvgIpc) is 2.80. The van der Waals surface area contributed by atoms with E-state index in [0.717, 1.165) is 60.9 Å². The summed E-state index contributed by atoms with van der Waals surface area (Å²) >= 11 is 0. The number of ether oxygens (including phenoxy) is 2. The number of rotatable bonds is 7. The number of benzene rings is 2. The fourth-order valence-corrected chi connectivity index (χ4v) is 3.93. The Balaban J connectivity index is 1.44. The highest BCUT2D eigenvalue weighted by Crippen LogP contribution is 2.32. The molecule has 0 saturated carbocycles. The van der Waals surface area contributed by atoms with E-state index in [1.54, 1.807) is 19.5 Å². The van der Waals surface area contributed by atoms with Crippen molar-refractivity contribution >= 4 is 0 Å². The fraction of sp³-hybridized carbons (Fsp3) is 0.333. The monoisotopic (exact) mass is 389 g/mol. The maximum atomic E-state index is 5.88. The molecule has 1 atom stereocenters. The first-order chi connectivity index (χ1) is 14.3. The Labute approximate surface area is 172 Å². The van der Waals surface area contributed by atoms with E-state index >= 15 is 0 Å². The summed E-state index contributed by atoms with van der Waals surface area (Å²) in [7, 11) is 1.69. The van der Waals surface area contributed by atoms with Gasteiger partial charge in [0.25, 0.3) is 0 Å². The van der Waals surface area contributed by atoms with Crippen LogP contribution in [0.4, 0.5) is 0 Å². The Morgan fingerprint density at radius 1 is 1.00 bits per heavy atom. The Bertz CT molecular complexity index is 917. The van der Waals surface area contributed by atoms with E-state index in [0.29, 0.717) is 12.5 Å². The van der Waals surface area contributed by atoms with E-state index in [1.807, 2.05) is 48.5 Å². The molecule has 0 N–H and O–H groups in total. The summed E-state index contributed by atoms with van der Waals surface area (Å²) in [5.41, 5.74) is 3.09. The SMILES string of the molecule is COc1cccc(-c2nccnc2C2CCCN(CCOc3ccccc3)C2)c1. The summed E-state index contributed by atoms with van der Waals surface area (Å²) in [6.45, 7) is 3.69. The van der Waals surface area contributed by atoms with Gasteiger partial charge >= 0.3 is 0 Å². The number of methoxy groups -OCH3 is 1. The quantitative estimate of drug-likeness (QED) is 0.599. The number of hydrogen-bond acceptors (Lipinski definition) is 5. The van der Waals surface area contributed by atoms with Crippen molar-refractivity contribution < 1.29 is 9.47 Å². The van der Waals surface area contributed by atoms with Crippen molar-refractivity contribution in [1.29, 1.82) is 0 Å². The highest BCUT2D eigenvalue weighted by atomic mass is 16.5. The summed E-state index contributed by atoms with van der Waals surface area (Å²) in [6.07, 6.45) is 5.86. The predicted molar refractivity (Wildman–Crippen MR) is 114 cm³/mol. The molecule has 1 aliphatic heterocycles. The molecule has 1 unspecified atom stereocenters. The van der Waals surface area contributed by atoms with Gasteiger partial charge in [-0.3, -0.25) is 14.9 Å². The molecule has 1 saturated heterocycles. The first-order valence-electron chi connectivity index (χ1n) is 10.2. The van der Waals surface area contributed by atoms with Crippen LogP contribution < -0.4 is 9.47 Å². The molecule has 29 heavy (non-hydrogen) atoms. The van der Waals surface area contributed by atoms with Crippen molar-refractivity contribution in [2.24, 2.45) is 0 Å². The summed E-state index contributed by atoms with van der Waals surface area (Å²) < 4.78 is 11.3. The molecule has 4 rings (SSSR count). The zero-order chi connectivity index (χ0) is 19.9. The minimum absolute atomic E-state index is 0.371. The Morgan fingerprint density at radius 2 is 1.83 bits per heavy atom. The van der Waals surface area contributed by atoms with Crippen LogP contribution >= 0.6 is 0 Å². The third-order valence-electron chi connectivity index (χ3n) is 5.38. The molecule has 1 aromatic heterocycles. The third-order valence-corrected chi connectivity index (χ3v) is 5.38. The number of likely N-dealkylation sites (tertiary alicyclic amines) is 1. The molecule has 2 aromatic carbocycles. The number of nitrogens with zero attached hydrogens (tertiary/aromatic N) is 3. The molecule has 1 fully saturated rings. The first kappa shape index (κ1) is 19.4. The van der Waals surface area contributed by atoms with Crippen molar-refractivity contribution in [1.82, 2.24) is 14.9 Å². The van der Waals surface area contributed by atoms with E-state index in [2.05, 4.69) is 16.0 Å². The van der Waals surface area contributed by atoms with Gasteiger partial charge in [0, 0.05) is 37.0 Å². The van der Waals surface area contributed by atoms with E-state index in [4.69, 9.17) is 14.5 Å². The Kier molecular flexibility index (Phi) is 6.37. The first-order valence-corrected chi connectivity index (χ1v) is 10.2. The van der Waals surface area contributed by atoms with Crippen molar-refractivity contribution in [2.75, 3.05) is 33.4 Å². The van der Waals surface area contributed by atoms with Crippen LogP contribution in [0.5, 0.6) is 11.5 Å². The molecule has 0 amide bonds. The maximum absolute atomic E-state index is 5.88. The largest absolute Gasteiger partial charge is 0.497 e. The van der Waals surface area contributed by atoms with Crippen molar-refractivity contribution in [3.05, 3.63) is 72.7 Å². The molecular formula is C24H27N3O2. The van der Waals surface area contributed by atoms with Crippen molar-refractivity contribution in [2.45, 2.75) is 18.8 Å². The Morgan fingerprint density at radius 3 is 2.69 bits per heavy atom. The zero-order valence-electron chi connectivity index (χ0n) is 16.8. The van der Waals surface area contributed by atoms with Gasteiger partial charge in [-0.25, -0.2) is 0 Å². The summed E-state index contributed by atoms with van der Waals surface area (Å²) in [6, 6.07) is 18.1. The lowest BCUT2D eigenvalue weighted by atomic mass is 9.91. The lowest BCUT2D eigenvalue weighted by Gasteiger charge is -2.32. The van der Waals surface area contributed by atoms with Crippen molar-refractivity contribution in [3.63, 3.8) is 0 Å². The molecule has 150 valence electrons. The van der Waals surface area contributed by atoms with Crippen LogP contribution in [0.25, 0.3) is 11.3 Å². The second-order valence-corrected chi connectivity index (χ2v) is 7.32. The molecule has 1 aliphatic rings. The highest BCUT2D eigenvalue weighted by Gasteiger charge is 2.25. The van der Waals surface area contributed by atoms with Gasteiger partial charge in [0.05, 0.1) is 18.5 Å². The standard InChI is InChI=1S/C24H27N3O2/c1-28-22-11-5-7-19(17-22)23-24(26-13-12-25-23)20-8-6-14-27(18-20)15-16-29-21-9-3-2-4-10-21/h2-5,7,9-13,17,20H,6,8,14-16,18H2,1H3. The normalized spacial score (nSPS) is 17.1. The highest BCUT2D eigenvalue weighted by molar-refractivity contribution is 5.64. The second-order valence-electron chi connectivity index (χ2n) is 7.32. The molecule has 0 aliphatic carbocycles. The molecule has 0 spiro atoms. The van der Waals surface area contributed by atoms with Gasteiger partial charge in [0.15, 0.2) is 0 Å². The molecular weight excluding hydrogens is 362 g/mol. The molecule has 5 nitrogen and oxygen atoms in total. The molecule has 2 heterocycles. The van der Waals surface area contributed by atoms with Crippen LogP contribution in [-0.2, 0) is 0 Å². The minimum Gasteiger partial charge on any atom is -0.497 e. The molecule has 0 bridgehead atoms. The summed E-state index contributed by atoms with van der Waals surface area (Å²) in [5, 5.41) is 0. The number of para-hydroxylation sites is 1. The number of hydrogen-bond donors (Lipinski definition) is 0. The van der Waals surface area contributed by atoms with E-state index in [1.165, 1.54) is 0 Å². The molecule has 5 heteroatoms. The molecule has 0 radical (unpaired) electrons. The van der Waals surface area contributed by atoms with Crippen molar-refractivity contribution in [3.8, 4) is 22.8 Å². The van der Waals surface area contributed by atoms with E-state index < -0.39 is 0 Å². The predicted octanol–water partition coefficient (Wildman–Crippen LogP) is 4.41. The van der Waals surface area contributed by atoms with Gasteiger partial charge in [-0.15, -0.1) is 0 Å². The van der Waals surface area contributed by atoms with Gasteiger partial charge in [-0.2, -0.15) is 0 Å². The van der Waals surface area contributed by atoms with E-state index in [-0.39, 0.29) is 0 Å². The van der Waals surface area contributed by atoms with Crippen LogP contribution in [0.2, 0.25) is 0 Å². The lowest BCUT2D eigenvalue weighted by molar-refractivity contribution is 0.169.